The zero-order valence-electron chi connectivity index (χ0n) is 24.9. The van der Waals surface area contributed by atoms with Crippen LogP contribution < -0.4 is 5.32 Å². The van der Waals surface area contributed by atoms with Crippen LogP contribution in [0.3, 0.4) is 0 Å². The van der Waals surface area contributed by atoms with Gasteiger partial charge in [-0.15, -0.1) is 0 Å². The van der Waals surface area contributed by atoms with E-state index in [-0.39, 0.29) is 12.7 Å². The number of amides is 1. The highest BCUT2D eigenvalue weighted by Gasteiger charge is 2.02. The summed E-state index contributed by atoms with van der Waals surface area (Å²) in [5.74, 6) is 0. The van der Waals surface area contributed by atoms with Gasteiger partial charge in [0.1, 0.15) is 6.61 Å². The van der Waals surface area contributed by atoms with Crippen molar-refractivity contribution in [2.45, 2.75) is 26.6 Å². The molecule has 0 saturated heterocycles. The van der Waals surface area contributed by atoms with E-state index in [0.29, 0.717) is 119 Å². The van der Waals surface area contributed by atoms with Crippen LogP contribution in [0.15, 0.2) is 30.3 Å². The lowest BCUT2D eigenvalue weighted by atomic mass is 10.2. The maximum Gasteiger partial charge on any atom is 0.407 e. The van der Waals surface area contributed by atoms with Crippen molar-refractivity contribution < 1.29 is 52.2 Å². The molecule has 12 nitrogen and oxygen atoms in total. The zero-order valence-corrected chi connectivity index (χ0v) is 24.9. The summed E-state index contributed by atoms with van der Waals surface area (Å²) in [6, 6.07) is 9.51. The van der Waals surface area contributed by atoms with Gasteiger partial charge in [-0.05, 0) is 19.4 Å². The minimum absolute atomic E-state index is 0.229. The highest BCUT2D eigenvalue weighted by molar-refractivity contribution is 5.67. The van der Waals surface area contributed by atoms with Crippen LogP contribution in [0.2, 0.25) is 0 Å². The van der Waals surface area contributed by atoms with Gasteiger partial charge in [0, 0.05) is 6.54 Å². The molecule has 0 unspecified atom stereocenters. The standard InChI is InChI=1S/C29H51NO11/c1-27(2)40-25-24-39-23-22-38-21-20-37-19-18-36-17-16-35-15-14-34-13-12-33-11-10-32-9-8-30-29(31)41-26-28-6-4-3-5-7-28/h3-7,27H,8-26H2,1-2H3,(H,30,31). The first-order valence-corrected chi connectivity index (χ1v) is 14.4. The van der Waals surface area contributed by atoms with Crippen molar-refractivity contribution in [3.8, 4) is 0 Å². The molecule has 0 heterocycles. The van der Waals surface area contributed by atoms with Crippen molar-refractivity contribution in [2.75, 3.05) is 119 Å². The van der Waals surface area contributed by atoms with Gasteiger partial charge in [-0.3, -0.25) is 0 Å². The van der Waals surface area contributed by atoms with Gasteiger partial charge in [0.25, 0.3) is 0 Å². The Morgan fingerprint density at radius 3 is 1.32 bits per heavy atom. The summed E-state index contributed by atoms with van der Waals surface area (Å²) in [6.07, 6.45) is -0.237. The highest BCUT2D eigenvalue weighted by Crippen LogP contribution is 2.00. The molecule has 0 aliphatic heterocycles. The SMILES string of the molecule is CC(C)OCCOCCOCCOCCOCCOCCOCCOCCOCCNC(=O)OCc1ccccc1. The van der Waals surface area contributed by atoms with Crippen molar-refractivity contribution in [3.05, 3.63) is 35.9 Å². The number of nitrogens with one attached hydrogen (secondary N) is 1. The number of rotatable bonds is 30. The van der Waals surface area contributed by atoms with E-state index in [0.717, 1.165) is 5.56 Å². The Balaban J connectivity index is 1.66. The molecular weight excluding hydrogens is 538 g/mol. The Bertz CT molecular complexity index is 682. The summed E-state index contributed by atoms with van der Waals surface area (Å²) in [7, 11) is 0. The molecule has 1 N–H and O–H groups in total. The van der Waals surface area contributed by atoms with Crippen molar-refractivity contribution >= 4 is 6.09 Å². The van der Waals surface area contributed by atoms with E-state index < -0.39 is 6.09 Å². The van der Waals surface area contributed by atoms with E-state index in [1.54, 1.807) is 0 Å². The lowest BCUT2D eigenvalue weighted by molar-refractivity contribution is -0.0268. The topological polar surface area (TPSA) is 121 Å². The van der Waals surface area contributed by atoms with Crippen LogP contribution in [0, 0.1) is 0 Å². The van der Waals surface area contributed by atoms with E-state index in [1.807, 2.05) is 44.2 Å². The molecule has 1 rings (SSSR count). The Morgan fingerprint density at radius 2 is 0.927 bits per heavy atom. The van der Waals surface area contributed by atoms with E-state index in [9.17, 15) is 4.79 Å². The summed E-state index contributed by atoms with van der Waals surface area (Å²) in [4.78, 5) is 11.6. The van der Waals surface area contributed by atoms with Gasteiger partial charge in [-0.2, -0.15) is 0 Å². The first-order valence-electron chi connectivity index (χ1n) is 14.4. The van der Waals surface area contributed by atoms with Crippen LogP contribution >= 0.6 is 0 Å². The normalized spacial score (nSPS) is 11.3. The van der Waals surface area contributed by atoms with E-state index in [2.05, 4.69) is 5.32 Å². The molecule has 0 aromatic heterocycles. The summed E-state index contributed by atoms with van der Waals surface area (Å²) in [6.45, 7) is 13.2. The quantitative estimate of drug-likeness (QED) is 0.133. The van der Waals surface area contributed by atoms with Crippen LogP contribution in [0.4, 0.5) is 4.79 Å². The van der Waals surface area contributed by atoms with Gasteiger partial charge in [0.2, 0.25) is 0 Å². The van der Waals surface area contributed by atoms with Crippen molar-refractivity contribution in [1.29, 1.82) is 0 Å². The molecule has 41 heavy (non-hydrogen) atoms. The van der Waals surface area contributed by atoms with Crippen molar-refractivity contribution in [1.82, 2.24) is 5.32 Å². The molecule has 0 atom stereocenters. The molecule has 0 aliphatic rings. The fraction of sp³-hybridized carbons (Fsp3) is 0.759. The second kappa shape index (κ2) is 29.6. The minimum atomic E-state index is -0.466. The third-order valence-electron chi connectivity index (χ3n) is 5.01. The predicted molar refractivity (Wildman–Crippen MR) is 152 cm³/mol. The molecule has 0 bridgehead atoms. The zero-order chi connectivity index (χ0) is 29.5. The van der Waals surface area contributed by atoms with Gasteiger partial charge in [-0.1, -0.05) is 30.3 Å². The molecule has 0 fully saturated rings. The lowest BCUT2D eigenvalue weighted by Crippen LogP contribution is -2.28. The molecule has 0 aliphatic carbocycles. The summed E-state index contributed by atoms with van der Waals surface area (Å²) < 4.78 is 54.0. The van der Waals surface area contributed by atoms with E-state index in [4.69, 9.17) is 47.4 Å². The third-order valence-corrected chi connectivity index (χ3v) is 5.01. The number of hydrogen-bond acceptors (Lipinski definition) is 11. The Labute approximate surface area is 245 Å². The number of ether oxygens (including phenoxy) is 10. The number of carbonyl (C=O) groups excluding carboxylic acids is 1. The van der Waals surface area contributed by atoms with Crippen molar-refractivity contribution in [3.63, 3.8) is 0 Å². The summed E-state index contributed by atoms with van der Waals surface area (Å²) in [5, 5.41) is 2.64. The lowest BCUT2D eigenvalue weighted by Gasteiger charge is -2.09. The Kier molecular flexibility index (Phi) is 26.8. The molecule has 0 spiro atoms. The molecule has 0 radical (unpaired) electrons. The number of benzene rings is 1. The van der Waals surface area contributed by atoms with E-state index in [1.165, 1.54) is 0 Å². The van der Waals surface area contributed by atoms with Gasteiger partial charge in [0.05, 0.1) is 118 Å². The number of carbonyl (C=O) groups is 1. The fourth-order valence-electron chi connectivity index (χ4n) is 2.98. The van der Waals surface area contributed by atoms with Gasteiger partial charge in [0.15, 0.2) is 0 Å². The van der Waals surface area contributed by atoms with Gasteiger partial charge < -0.3 is 52.7 Å². The van der Waals surface area contributed by atoms with Gasteiger partial charge >= 0.3 is 6.09 Å². The van der Waals surface area contributed by atoms with Gasteiger partial charge in [-0.25, -0.2) is 4.79 Å². The molecule has 1 aromatic rings. The summed E-state index contributed by atoms with van der Waals surface area (Å²) in [5.41, 5.74) is 0.940. The van der Waals surface area contributed by atoms with Crippen molar-refractivity contribution in [2.24, 2.45) is 0 Å². The van der Waals surface area contributed by atoms with Crippen LogP contribution in [-0.2, 0) is 54.0 Å². The molecule has 238 valence electrons. The average Bonchev–Trinajstić information content (AvgIpc) is 2.98. The molecule has 12 heteroatoms. The maximum absolute atomic E-state index is 11.6. The fourth-order valence-corrected chi connectivity index (χ4v) is 2.98. The van der Waals surface area contributed by atoms with E-state index >= 15 is 0 Å². The highest BCUT2D eigenvalue weighted by atomic mass is 16.6. The smallest absolute Gasteiger partial charge is 0.407 e. The number of alkyl carbamates (subject to hydrolysis) is 1. The monoisotopic (exact) mass is 589 g/mol. The summed E-state index contributed by atoms with van der Waals surface area (Å²) >= 11 is 0. The van der Waals surface area contributed by atoms with Crippen LogP contribution in [-0.4, -0.2) is 131 Å². The molecular formula is C29H51NO11. The molecule has 0 saturated carbocycles. The second-order valence-corrected chi connectivity index (χ2v) is 8.81. The Hall–Kier alpha value is -1.87. The van der Waals surface area contributed by atoms with Crippen LogP contribution in [0.5, 0.6) is 0 Å². The number of hydrogen-bond donors (Lipinski definition) is 1. The first-order chi connectivity index (χ1) is 20.2. The molecule has 1 amide bonds. The second-order valence-electron chi connectivity index (χ2n) is 8.81. The Morgan fingerprint density at radius 1 is 0.561 bits per heavy atom. The predicted octanol–water partition coefficient (Wildman–Crippen LogP) is 2.47. The largest absolute Gasteiger partial charge is 0.445 e. The van der Waals surface area contributed by atoms with Crippen LogP contribution in [0.25, 0.3) is 0 Å². The minimum Gasteiger partial charge on any atom is -0.445 e. The third kappa shape index (κ3) is 28.0. The van der Waals surface area contributed by atoms with Crippen LogP contribution in [0.1, 0.15) is 19.4 Å². The first kappa shape index (κ1) is 37.2. The maximum atomic E-state index is 11.6. The average molecular weight is 590 g/mol. The molecule has 1 aromatic carbocycles.